The number of hydrogen-bond donors (Lipinski definition) is 2. The molecule has 0 bridgehead atoms. The molecule has 19 heavy (non-hydrogen) atoms. The van der Waals surface area contributed by atoms with E-state index in [1.165, 1.54) is 12.8 Å². The van der Waals surface area contributed by atoms with E-state index in [0.29, 0.717) is 11.3 Å². The Hall–Kier alpha value is -0.570. The number of carboxylic acid groups (broad SMARTS) is 1. The zero-order valence-electron chi connectivity index (χ0n) is 13.0. The maximum atomic E-state index is 11.0. The number of aliphatic carboxylic acids is 1. The Bertz CT molecular complexity index is 288. The minimum absolute atomic E-state index is 0.0345. The lowest BCUT2D eigenvalue weighted by Gasteiger charge is -2.40. The van der Waals surface area contributed by atoms with Crippen LogP contribution < -0.4 is 5.73 Å². The fraction of sp³-hybridized carbons (Fsp3) is 0.938. The molecule has 1 saturated carbocycles. The fourth-order valence-electron chi connectivity index (χ4n) is 3.59. The van der Waals surface area contributed by atoms with Crippen molar-refractivity contribution in [3.63, 3.8) is 0 Å². The van der Waals surface area contributed by atoms with Gasteiger partial charge in [-0.25, -0.2) is 0 Å². The van der Waals surface area contributed by atoms with Gasteiger partial charge in [-0.15, -0.1) is 0 Å². The molecule has 3 nitrogen and oxygen atoms in total. The van der Waals surface area contributed by atoms with E-state index in [0.717, 1.165) is 25.2 Å². The second-order valence-electron chi connectivity index (χ2n) is 7.31. The Morgan fingerprint density at radius 3 is 2.16 bits per heavy atom. The molecule has 0 aromatic heterocycles. The third-order valence-corrected chi connectivity index (χ3v) is 5.03. The standard InChI is InChI=1S/C16H31NO2/c1-5-14(17)13(10-15(18)19)11-6-8-12(9-7-11)16(2,3)4/h11-14H,5-10,17H2,1-4H3,(H,18,19). The van der Waals surface area contributed by atoms with Crippen LogP contribution in [0.2, 0.25) is 0 Å². The zero-order valence-corrected chi connectivity index (χ0v) is 13.0. The molecule has 1 aliphatic rings. The highest BCUT2D eigenvalue weighted by Crippen LogP contribution is 2.43. The maximum absolute atomic E-state index is 11.0. The quantitative estimate of drug-likeness (QED) is 0.800. The minimum Gasteiger partial charge on any atom is -0.481 e. The van der Waals surface area contributed by atoms with E-state index in [9.17, 15) is 4.79 Å². The first-order chi connectivity index (χ1) is 8.75. The van der Waals surface area contributed by atoms with Gasteiger partial charge >= 0.3 is 5.97 Å². The van der Waals surface area contributed by atoms with Gasteiger partial charge in [0, 0.05) is 12.5 Å². The molecular formula is C16H31NO2. The van der Waals surface area contributed by atoms with Crippen LogP contribution in [-0.4, -0.2) is 17.1 Å². The number of hydrogen-bond acceptors (Lipinski definition) is 2. The van der Waals surface area contributed by atoms with Crippen molar-refractivity contribution in [2.45, 2.75) is 72.3 Å². The van der Waals surface area contributed by atoms with Crippen LogP contribution in [0.15, 0.2) is 0 Å². The molecule has 2 unspecified atom stereocenters. The zero-order chi connectivity index (χ0) is 14.6. The first kappa shape index (κ1) is 16.5. The van der Waals surface area contributed by atoms with Crippen molar-refractivity contribution in [1.29, 1.82) is 0 Å². The van der Waals surface area contributed by atoms with Crippen molar-refractivity contribution in [1.82, 2.24) is 0 Å². The summed E-state index contributed by atoms with van der Waals surface area (Å²) in [4.78, 5) is 11.0. The van der Waals surface area contributed by atoms with Gasteiger partial charge < -0.3 is 10.8 Å². The summed E-state index contributed by atoms with van der Waals surface area (Å²) in [5.41, 5.74) is 6.53. The molecule has 3 heteroatoms. The third kappa shape index (κ3) is 4.79. The van der Waals surface area contributed by atoms with Crippen LogP contribution in [0.25, 0.3) is 0 Å². The SMILES string of the molecule is CCC(N)C(CC(=O)O)C1CCC(C(C)(C)C)CC1. The lowest BCUT2D eigenvalue weighted by atomic mass is 9.66. The number of carboxylic acids is 1. The van der Waals surface area contributed by atoms with E-state index >= 15 is 0 Å². The van der Waals surface area contributed by atoms with Crippen LogP contribution in [0, 0.1) is 23.2 Å². The van der Waals surface area contributed by atoms with Gasteiger partial charge in [-0.1, -0.05) is 27.7 Å². The minimum atomic E-state index is -0.702. The molecular weight excluding hydrogens is 238 g/mol. The molecule has 1 rings (SSSR count). The number of nitrogens with two attached hydrogens (primary N) is 1. The maximum Gasteiger partial charge on any atom is 0.303 e. The van der Waals surface area contributed by atoms with Crippen molar-refractivity contribution < 1.29 is 9.90 Å². The van der Waals surface area contributed by atoms with Crippen LogP contribution in [0.1, 0.15) is 66.2 Å². The van der Waals surface area contributed by atoms with Gasteiger partial charge in [0.15, 0.2) is 0 Å². The Morgan fingerprint density at radius 1 is 1.26 bits per heavy atom. The summed E-state index contributed by atoms with van der Waals surface area (Å²) in [6.45, 7) is 8.99. The summed E-state index contributed by atoms with van der Waals surface area (Å²) < 4.78 is 0. The van der Waals surface area contributed by atoms with Crippen molar-refractivity contribution in [2.75, 3.05) is 0 Å². The molecule has 3 N–H and O–H groups in total. The van der Waals surface area contributed by atoms with Crippen molar-refractivity contribution >= 4 is 5.97 Å². The van der Waals surface area contributed by atoms with Crippen LogP contribution >= 0.6 is 0 Å². The first-order valence-corrected chi connectivity index (χ1v) is 7.73. The molecule has 0 aromatic carbocycles. The molecule has 2 atom stereocenters. The van der Waals surface area contributed by atoms with Gasteiger partial charge in [0.2, 0.25) is 0 Å². The topological polar surface area (TPSA) is 63.3 Å². The summed E-state index contributed by atoms with van der Waals surface area (Å²) in [5, 5.41) is 9.08. The molecule has 0 amide bonds. The van der Waals surface area contributed by atoms with E-state index in [2.05, 4.69) is 27.7 Å². The normalized spacial score (nSPS) is 27.8. The average Bonchev–Trinajstić information content (AvgIpc) is 2.34. The lowest BCUT2D eigenvalue weighted by molar-refractivity contribution is -0.139. The largest absolute Gasteiger partial charge is 0.481 e. The van der Waals surface area contributed by atoms with Crippen LogP contribution in [-0.2, 0) is 4.79 Å². The van der Waals surface area contributed by atoms with E-state index in [1.54, 1.807) is 0 Å². The third-order valence-electron chi connectivity index (χ3n) is 5.03. The lowest BCUT2D eigenvalue weighted by Crippen LogP contribution is -2.38. The van der Waals surface area contributed by atoms with E-state index < -0.39 is 5.97 Å². The molecule has 112 valence electrons. The van der Waals surface area contributed by atoms with Gasteiger partial charge in [-0.2, -0.15) is 0 Å². The molecule has 1 aliphatic carbocycles. The Kier molecular flexibility index (Phi) is 5.84. The second kappa shape index (κ2) is 6.74. The van der Waals surface area contributed by atoms with Crippen LogP contribution in [0.5, 0.6) is 0 Å². The van der Waals surface area contributed by atoms with Gasteiger partial charge in [-0.05, 0) is 55.3 Å². The molecule has 0 aliphatic heterocycles. The summed E-state index contributed by atoms with van der Waals surface area (Å²) in [5.74, 6) is 0.729. The summed E-state index contributed by atoms with van der Waals surface area (Å²) in [7, 11) is 0. The highest BCUT2D eigenvalue weighted by atomic mass is 16.4. The van der Waals surface area contributed by atoms with Crippen LogP contribution in [0.3, 0.4) is 0 Å². The highest BCUT2D eigenvalue weighted by Gasteiger charge is 2.35. The monoisotopic (exact) mass is 269 g/mol. The first-order valence-electron chi connectivity index (χ1n) is 7.73. The molecule has 1 fully saturated rings. The van der Waals surface area contributed by atoms with Crippen molar-refractivity contribution in [2.24, 2.45) is 28.9 Å². The van der Waals surface area contributed by atoms with Crippen LogP contribution in [0.4, 0.5) is 0 Å². The predicted molar refractivity (Wildman–Crippen MR) is 78.9 cm³/mol. The van der Waals surface area contributed by atoms with Gasteiger partial charge in [-0.3, -0.25) is 4.79 Å². The summed E-state index contributed by atoms with van der Waals surface area (Å²) >= 11 is 0. The fourth-order valence-corrected chi connectivity index (χ4v) is 3.59. The molecule has 0 radical (unpaired) electrons. The smallest absolute Gasteiger partial charge is 0.303 e. The molecule has 0 aromatic rings. The summed E-state index contributed by atoms with van der Waals surface area (Å²) in [6, 6.07) is 0.0345. The molecule has 0 spiro atoms. The Labute approximate surface area is 118 Å². The number of rotatable bonds is 5. The van der Waals surface area contributed by atoms with E-state index in [1.807, 2.05) is 0 Å². The Morgan fingerprint density at radius 2 is 1.79 bits per heavy atom. The predicted octanol–water partition coefficient (Wildman–Crippen LogP) is 3.67. The second-order valence-corrected chi connectivity index (χ2v) is 7.31. The van der Waals surface area contributed by atoms with Gasteiger partial charge in [0.25, 0.3) is 0 Å². The van der Waals surface area contributed by atoms with Gasteiger partial charge in [0.05, 0.1) is 0 Å². The van der Waals surface area contributed by atoms with E-state index in [4.69, 9.17) is 10.8 Å². The summed E-state index contributed by atoms with van der Waals surface area (Å²) in [6.07, 6.45) is 5.85. The molecule has 0 heterocycles. The van der Waals surface area contributed by atoms with Crippen molar-refractivity contribution in [3.8, 4) is 0 Å². The average molecular weight is 269 g/mol. The van der Waals surface area contributed by atoms with Gasteiger partial charge in [0.1, 0.15) is 0 Å². The Balaban J connectivity index is 2.61. The highest BCUT2D eigenvalue weighted by molar-refractivity contribution is 5.67. The van der Waals surface area contributed by atoms with Crippen molar-refractivity contribution in [3.05, 3.63) is 0 Å². The van der Waals surface area contributed by atoms with E-state index in [-0.39, 0.29) is 18.4 Å². The molecule has 0 saturated heterocycles. The number of carbonyl (C=O) groups is 1.